The van der Waals surface area contributed by atoms with Gasteiger partial charge in [0.05, 0.1) is 5.52 Å². The standard InChI is InChI=1S/C14H18N2/c1-2-3-9-15-11-13-7-4-6-12-8-5-10-16-14(12)13/h4-8,10,15H,2-3,9,11H2,1H3. The summed E-state index contributed by atoms with van der Waals surface area (Å²) in [6, 6.07) is 10.4. The zero-order valence-electron chi connectivity index (χ0n) is 9.74. The predicted octanol–water partition coefficient (Wildman–Crippen LogP) is 3.12. The highest BCUT2D eigenvalue weighted by Crippen LogP contribution is 2.15. The lowest BCUT2D eigenvalue weighted by Gasteiger charge is -2.06. The van der Waals surface area contributed by atoms with Gasteiger partial charge in [0, 0.05) is 18.1 Å². The minimum absolute atomic E-state index is 0.911. The smallest absolute Gasteiger partial charge is 0.0746 e. The normalized spacial score (nSPS) is 10.8. The van der Waals surface area contributed by atoms with Gasteiger partial charge in [-0.15, -0.1) is 0 Å². The molecule has 0 unspecified atom stereocenters. The molecule has 2 aromatic rings. The fourth-order valence-electron chi connectivity index (χ4n) is 1.83. The van der Waals surface area contributed by atoms with E-state index in [-0.39, 0.29) is 0 Å². The Morgan fingerprint density at radius 2 is 2.06 bits per heavy atom. The van der Waals surface area contributed by atoms with Gasteiger partial charge in [-0.1, -0.05) is 37.6 Å². The highest BCUT2D eigenvalue weighted by molar-refractivity contribution is 5.81. The molecule has 0 atom stereocenters. The molecule has 0 saturated heterocycles. The van der Waals surface area contributed by atoms with Crippen molar-refractivity contribution in [3.8, 4) is 0 Å². The molecular weight excluding hydrogens is 196 g/mol. The summed E-state index contributed by atoms with van der Waals surface area (Å²) in [4.78, 5) is 4.44. The maximum atomic E-state index is 4.44. The highest BCUT2D eigenvalue weighted by atomic mass is 14.8. The number of benzene rings is 1. The molecule has 0 amide bonds. The summed E-state index contributed by atoms with van der Waals surface area (Å²) in [6.45, 7) is 4.20. The van der Waals surface area contributed by atoms with Gasteiger partial charge in [-0.3, -0.25) is 4.98 Å². The second-order valence-electron chi connectivity index (χ2n) is 4.02. The number of rotatable bonds is 5. The number of hydrogen-bond acceptors (Lipinski definition) is 2. The summed E-state index contributed by atoms with van der Waals surface area (Å²) < 4.78 is 0. The van der Waals surface area contributed by atoms with Gasteiger partial charge < -0.3 is 5.32 Å². The van der Waals surface area contributed by atoms with Gasteiger partial charge in [0.15, 0.2) is 0 Å². The molecule has 0 aliphatic rings. The largest absolute Gasteiger partial charge is 0.313 e. The third-order valence-electron chi connectivity index (χ3n) is 2.74. The number of hydrogen-bond donors (Lipinski definition) is 1. The summed E-state index contributed by atoms with van der Waals surface area (Å²) in [6.07, 6.45) is 4.33. The number of pyridine rings is 1. The summed E-state index contributed by atoms with van der Waals surface area (Å²) in [5, 5.41) is 4.67. The van der Waals surface area contributed by atoms with Crippen LogP contribution in [0.4, 0.5) is 0 Å². The van der Waals surface area contributed by atoms with Crippen molar-refractivity contribution in [3.05, 3.63) is 42.1 Å². The Morgan fingerprint density at radius 3 is 2.94 bits per heavy atom. The molecule has 0 bridgehead atoms. The first kappa shape index (κ1) is 11.1. The first-order chi connectivity index (χ1) is 7.92. The Balaban J connectivity index is 2.11. The summed E-state index contributed by atoms with van der Waals surface area (Å²) >= 11 is 0. The maximum absolute atomic E-state index is 4.44. The van der Waals surface area contributed by atoms with E-state index in [1.54, 1.807) is 0 Å². The number of unbranched alkanes of at least 4 members (excludes halogenated alkanes) is 1. The summed E-state index contributed by atoms with van der Waals surface area (Å²) in [7, 11) is 0. The number of nitrogens with zero attached hydrogens (tertiary/aromatic N) is 1. The van der Waals surface area contributed by atoms with Gasteiger partial charge in [0.2, 0.25) is 0 Å². The van der Waals surface area contributed by atoms with Crippen molar-refractivity contribution in [2.45, 2.75) is 26.3 Å². The van der Waals surface area contributed by atoms with Gasteiger partial charge in [-0.05, 0) is 24.6 Å². The average molecular weight is 214 g/mol. The van der Waals surface area contributed by atoms with Crippen LogP contribution >= 0.6 is 0 Å². The fraction of sp³-hybridized carbons (Fsp3) is 0.357. The van der Waals surface area contributed by atoms with Crippen molar-refractivity contribution < 1.29 is 0 Å². The van der Waals surface area contributed by atoms with E-state index in [1.807, 2.05) is 12.3 Å². The van der Waals surface area contributed by atoms with Crippen LogP contribution in [0.15, 0.2) is 36.5 Å². The number of aromatic nitrogens is 1. The van der Waals surface area contributed by atoms with Crippen LogP contribution < -0.4 is 5.32 Å². The molecule has 1 aromatic carbocycles. The Hall–Kier alpha value is -1.41. The first-order valence-corrected chi connectivity index (χ1v) is 5.95. The lowest BCUT2D eigenvalue weighted by molar-refractivity contribution is 0.643. The van der Waals surface area contributed by atoms with E-state index < -0.39 is 0 Å². The van der Waals surface area contributed by atoms with Crippen molar-refractivity contribution in [1.29, 1.82) is 0 Å². The third kappa shape index (κ3) is 2.58. The molecule has 1 N–H and O–H groups in total. The van der Waals surface area contributed by atoms with Gasteiger partial charge in [0.1, 0.15) is 0 Å². The second-order valence-corrected chi connectivity index (χ2v) is 4.02. The second kappa shape index (κ2) is 5.61. The van der Waals surface area contributed by atoms with Crippen LogP contribution in [0.1, 0.15) is 25.3 Å². The zero-order valence-corrected chi connectivity index (χ0v) is 9.74. The Morgan fingerprint density at radius 1 is 1.19 bits per heavy atom. The van der Waals surface area contributed by atoms with Gasteiger partial charge in [0.25, 0.3) is 0 Å². The third-order valence-corrected chi connectivity index (χ3v) is 2.74. The Labute approximate surface area is 96.7 Å². The zero-order chi connectivity index (χ0) is 11.2. The predicted molar refractivity (Wildman–Crippen MR) is 68.4 cm³/mol. The number of nitrogens with one attached hydrogen (secondary N) is 1. The highest BCUT2D eigenvalue weighted by Gasteiger charge is 2.00. The van der Waals surface area contributed by atoms with Gasteiger partial charge in [-0.25, -0.2) is 0 Å². The molecule has 0 aliphatic carbocycles. The van der Waals surface area contributed by atoms with Crippen LogP contribution in [0, 0.1) is 0 Å². The molecule has 2 nitrogen and oxygen atoms in total. The molecule has 2 heteroatoms. The molecular formula is C14H18N2. The maximum Gasteiger partial charge on any atom is 0.0746 e. The monoisotopic (exact) mass is 214 g/mol. The molecule has 0 fully saturated rings. The van der Waals surface area contributed by atoms with Crippen LogP contribution in [0.2, 0.25) is 0 Å². The van der Waals surface area contributed by atoms with Crippen molar-refractivity contribution in [1.82, 2.24) is 10.3 Å². The number of fused-ring (bicyclic) bond motifs is 1. The molecule has 16 heavy (non-hydrogen) atoms. The van der Waals surface area contributed by atoms with Crippen molar-refractivity contribution >= 4 is 10.9 Å². The minimum Gasteiger partial charge on any atom is -0.313 e. The van der Waals surface area contributed by atoms with E-state index >= 15 is 0 Å². The Bertz CT molecular complexity index is 446. The van der Waals surface area contributed by atoms with Crippen LogP contribution in [0.5, 0.6) is 0 Å². The van der Waals surface area contributed by atoms with Crippen LogP contribution in [0.25, 0.3) is 10.9 Å². The van der Waals surface area contributed by atoms with E-state index in [0.29, 0.717) is 0 Å². The quantitative estimate of drug-likeness (QED) is 0.773. The molecule has 1 heterocycles. The topological polar surface area (TPSA) is 24.9 Å². The minimum atomic E-state index is 0.911. The molecule has 0 aliphatic heterocycles. The van der Waals surface area contributed by atoms with E-state index in [1.165, 1.54) is 23.8 Å². The SMILES string of the molecule is CCCCNCc1cccc2cccnc12. The molecule has 0 saturated carbocycles. The molecule has 2 rings (SSSR count). The molecule has 0 radical (unpaired) electrons. The number of para-hydroxylation sites is 1. The fourth-order valence-corrected chi connectivity index (χ4v) is 1.83. The molecule has 0 spiro atoms. The van der Waals surface area contributed by atoms with Gasteiger partial charge >= 0.3 is 0 Å². The lowest BCUT2D eigenvalue weighted by atomic mass is 10.1. The molecule has 1 aromatic heterocycles. The van der Waals surface area contributed by atoms with E-state index in [4.69, 9.17) is 0 Å². The van der Waals surface area contributed by atoms with Crippen molar-refractivity contribution in [3.63, 3.8) is 0 Å². The van der Waals surface area contributed by atoms with E-state index in [9.17, 15) is 0 Å². The average Bonchev–Trinajstić information content (AvgIpc) is 2.35. The van der Waals surface area contributed by atoms with Crippen LogP contribution in [0.3, 0.4) is 0 Å². The van der Waals surface area contributed by atoms with Crippen LogP contribution in [-0.2, 0) is 6.54 Å². The van der Waals surface area contributed by atoms with Crippen LogP contribution in [-0.4, -0.2) is 11.5 Å². The van der Waals surface area contributed by atoms with E-state index in [2.05, 4.69) is 41.5 Å². The lowest BCUT2D eigenvalue weighted by Crippen LogP contribution is -2.14. The van der Waals surface area contributed by atoms with Crippen molar-refractivity contribution in [2.24, 2.45) is 0 Å². The molecule has 84 valence electrons. The summed E-state index contributed by atoms with van der Waals surface area (Å²) in [5.74, 6) is 0. The first-order valence-electron chi connectivity index (χ1n) is 5.95. The summed E-state index contributed by atoms with van der Waals surface area (Å²) in [5.41, 5.74) is 2.41. The van der Waals surface area contributed by atoms with E-state index in [0.717, 1.165) is 18.6 Å². The van der Waals surface area contributed by atoms with Crippen molar-refractivity contribution in [2.75, 3.05) is 6.54 Å². The van der Waals surface area contributed by atoms with Gasteiger partial charge in [-0.2, -0.15) is 0 Å². The Kier molecular flexibility index (Phi) is 3.89.